The molecule has 2 saturated heterocycles. The lowest BCUT2D eigenvalue weighted by Gasteiger charge is -2.44. The summed E-state index contributed by atoms with van der Waals surface area (Å²) in [6.07, 6.45) is 10.2. The number of unbranched alkanes of at least 4 members (excludes halogenated alkanes) is 1. The summed E-state index contributed by atoms with van der Waals surface area (Å²) in [7, 11) is 0. The topological polar surface area (TPSA) is 87.7 Å². The SMILES string of the molecule is C=CCCCC1C[C@@H](NC(=O)C=C(C)CCC=C)C[C@](O)([C@@H]2CSC(=O)N2)O1. The quantitative estimate of drug-likeness (QED) is 0.293. The molecule has 2 aliphatic heterocycles. The minimum atomic E-state index is -1.48. The number of allylic oxidation sites excluding steroid dienone is 3. The van der Waals surface area contributed by atoms with Crippen LogP contribution in [0.1, 0.15) is 51.9 Å². The first kappa shape index (κ1) is 22.7. The molecule has 2 aliphatic rings. The normalized spacial score (nSPS) is 30.6. The first-order valence-corrected chi connectivity index (χ1v) is 10.9. The van der Waals surface area contributed by atoms with E-state index in [0.717, 1.165) is 49.4 Å². The van der Waals surface area contributed by atoms with Crippen molar-refractivity contribution in [1.29, 1.82) is 0 Å². The van der Waals surface area contributed by atoms with Crippen LogP contribution in [-0.2, 0) is 9.53 Å². The van der Waals surface area contributed by atoms with Gasteiger partial charge < -0.3 is 20.5 Å². The molecule has 0 aromatic rings. The van der Waals surface area contributed by atoms with Crippen LogP contribution in [0.3, 0.4) is 0 Å². The smallest absolute Gasteiger partial charge is 0.279 e. The molecule has 2 rings (SSSR count). The van der Waals surface area contributed by atoms with Gasteiger partial charge in [0.05, 0.1) is 12.1 Å². The van der Waals surface area contributed by atoms with Crippen LogP contribution in [0.15, 0.2) is 37.0 Å². The molecule has 0 aromatic carbocycles. The van der Waals surface area contributed by atoms with E-state index in [4.69, 9.17) is 4.74 Å². The second kappa shape index (κ2) is 10.8. The standard InChI is InChI=1S/C21H32N2O4S/c1-4-6-8-10-17-12-16(22-19(24)11-15(3)9-7-5-2)13-21(26,27-17)18-14-28-20(25)23-18/h4-5,11,16-18,26H,1-2,6-10,12-14H2,3H3,(H,22,24)(H,23,25)/t16-,17?,18+,21-/m1/s1. The van der Waals surface area contributed by atoms with Crippen molar-refractivity contribution in [3.8, 4) is 0 Å². The molecular weight excluding hydrogens is 376 g/mol. The largest absolute Gasteiger partial charge is 0.364 e. The van der Waals surface area contributed by atoms with Crippen LogP contribution < -0.4 is 10.6 Å². The van der Waals surface area contributed by atoms with E-state index >= 15 is 0 Å². The summed E-state index contributed by atoms with van der Waals surface area (Å²) in [4.78, 5) is 24.0. The molecule has 0 spiro atoms. The number of hydrogen-bond acceptors (Lipinski definition) is 5. The van der Waals surface area contributed by atoms with Crippen LogP contribution in [0.25, 0.3) is 0 Å². The van der Waals surface area contributed by atoms with Gasteiger partial charge in [-0.3, -0.25) is 9.59 Å². The second-order valence-corrected chi connectivity index (χ2v) is 8.56. The maximum atomic E-state index is 12.4. The average Bonchev–Trinajstić information content (AvgIpc) is 3.07. The van der Waals surface area contributed by atoms with Crippen molar-refractivity contribution in [3.63, 3.8) is 0 Å². The predicted molar refractivity (Wildman–Crippen MR) is 113 cm³/mol. The molecule has 0 aromatic heterocycles. The van der Waals surface area contributed by atoms with E-state index in [1.54, 1.807) is 6.08 Å². The zero-order valence-corrected chi connectivity index (χ0v) is 17.4. The van der Waals surface area contributed by atoms with Crippen LogP contribution in [0.4, 0.5) is 4.79 Å². The third-order valence-electron chi connectivity index (χ3n) is 5.08. The van der Waals surface area contributed by atoms with E-state index in [1.807, 2.05) is 19.1 Å². The zero-order chi connectivity index (χ0) is 20.6. The Hall–Kier alpha value is -1.57. The molecule has 0 radical (unpaired) electrons. The summed E-state index contributed by atoms with van der Waals surface area (Å²) >= 11 is 1.14. The van der Waals surface area contributed by atoms with Crippen molar-refractivity contribution >= 4 is 22.9 Å². The fraction of sp³-hybridized carbons (Fsp3) is 0.619. The van der Waals surface area contributed by atoms with Gasteiger partial charge in [-0.2, -0.15) is 0 Å². The highest BCUT2D eigenvalue weighted by Gasteiger charge is 2.48. The maximum Gasteiger partial charge on any atom is 0.279 e. The Morgan fingerprint density at radius 3 is 2.82 bits per heavy atom. The van der Waals surface area contributed by atoms with E-state index in [0.29, 0.717) is 12.2 Å². The molecule has 1 unspecified atom stereocenters. The molecule has 2 heterocycles. The monoisotopic (exact) mass is 408 g/mol. The van der Waals surface area contributed by atoms with Crippen molar-refractivity contribution in [1.82, 2.24) is 10.6 Å². The van der Waals surface area contributed by atoms with Gasteiger partial charge in [-0.25, -0.2) is 0 Å². The molecule has 2 amide bonds. The van der Waals surface area contributed by atoms with Crippen LogP contribution in [0, 0.1) is 0 Å². The minimum absolute atomic E-state index is 0.155. The predicted octanol–water partition coefficient (Wildman–Crippen LogP) is 3.43. The maximum absolute atomic E-state index is 12.4. The molecule has 28 heavy (non-hydrogen) atoms. The molecular formula is C21H32N2O4S. The summed E-state index contributed by atoms with van der Waals surface area (Å²) in [5.74, 6) is -1.18. The Morgan fingerprint density at radius 2 is 2.18 bits per heavy atom. The van der Waals surface area contributed by atoms with Gasteiger partial charge >= 0.3 is 0 Å². The lowest BCUT2D eigenvalue weighted by Crippen LogP contribution is -2.60. The third-order valence-corrected chi connectivity index (χ3v) is 5.96. The van der Waals surface area contributed by atoms with E-state index in [1.165, 1.54) is 0 Å². The Labute approximate surface area is 171 Å². The summed E-state index contributed by atoms with van der Waals surface area (Å²) in [6, 6.07) is -0.692. The highest BCUT2D eigenvalue weighted by atomic mass is 32.2. The van der Waals surface area contributed by atoms with Crippen molar-refractivity contribution in [2.24, 2.45) is 0 Å². The van der Waals surface area contributed by atoms with Gasteiger partial charge in [-0.05, 0) is 45.4 Å². The average molecular weight is 409 g/mol. The van der Waals surface area contributed by atoms with E-state index < -0.39 is 11.8 Å². The number of thioether (sulfide) groups is 1. The number of nitrogens with one attached hydrogen (secondary N) is 2. The molecule has 156 valence electrons. The number of rotatable bonds is 10. The fourth-order valence-corrected chi connectivity index (χ4v) is 4.52. The van der Waals surface area contributed by atoms with E-state index in [-0.39, 0.29) is 29.7 Å². The first-order valence-electron chi connectivity index (χ1n) is 9.89. The first-order chi connectivity index (χ1) is 13.4. The molecule has 0 saturated carbocycles. The molecule has 2 fully saturated rings. The van der Waals surface area contributed by atoms with E-state index in [9.17, 15) is 14.7 Å². The Kier molecular flexibility index (Phi) is 8.79. The number of ether oxygens (including phenoxy) is 1. The number of hydrogen-bond donors (Lipinski definition) is 3. The van der Waals surface area contributed by atoms with Crippen molar-refractivity contribution in [2.45, 2.75) is 75.8 Å². The fourth-order valence-electron chi connectivity index (χ4n) is 3.64. The van der Waals surface area contributed by atoms with Gasteiger partial charge in [0.15, 0.2) is 5.79 Å². The van der Waals surface area contributed by atoms with Gasteiger partial charge in [0.1, 0.15) is 0 Å². The van der Waals surface area contributed by atoms with Gasteiger partial charge in [0.25, 0.3) is 5.24 Å². The van der Waals surface area contributed by atoms with Crippen molar-refractivity contribution in [2.75, 3.05) is 5.75 Å². The van der Waals surface area contributed by atoms with Crippen molar-refractivity contribution in [3.05, 3.63) is 37.0 Å². The molecule has 4 atom stereocenters. The van der Waals surface area contributed by atoms with Crippen LogP contribution in [0.2, 0.25) is 0 Å². The lowest BCUT2D eigenvalue weighted by atomic mass is 9.90. The van der Waals surface area contributed by atoms with E-state index in [2.05, 4.69) is 23.8 Å². The lowest BCUT2D eigenvalue weighted by molar-refractivity contribution is -0.269. The minimum Gasteiger partial charge on any atom is -0.364 e. The van der Waals surface area contributed by atoms with Gasteiger partial charge in [0, 0.05) is 24.3 Å². The molecule has 7 heteroatoms. The Bertz CT molecular complexity index is 622. The molecule has 0 bridgehead atoms. The Balaban J connectivity index is 2.04. The van der Waals surface area contributed by atoms with Gasteiger partial charge in [-0.15, -0.1) is 13.2 Å². The second-order valence-electron chi connectivity index (χ2n) is 7.56. The van der Waals surface area contributed by atoms with Crippen molar-refractivity contribution < 1.29 is 19.4 Å². The molecule has 3 N–H and O–H groups in total. The zero-order valence-electron chi connectivity index (χ0n) is 16.6. The molecule has 0 aliphatic carbocycles. The summed E-state index contributed by atoms with van der Waals surface area (Å²) < 4.78 is 6.01. The Morgan fingerprint density at radius 1 is 1.43 bits per heavy atom. The summed E-state index contributed by atoms with van der Waals surface area (Å²) in [5.41, 5.74) is 0.988. The highest BCUT2D eigenvalue weighted by molar-refractivity contribution is 8.14. The van der Waals surface area contributed by atoms with Crippen LogP contribution >= 0.6 is 11.8 Å². The van der Waals surface area contributed by atoms with Gasteiger partial charge in [0.2, 0.25) is 5.91 Å². The number of aliphatic hydroxyl groups is 1. The highest BCUT2D eigenvalue weighted by Crippen LogP contribution is 2.35. The van der Waals surface area contributed by atoms with Crippen LogP contribution in [-0.4, -0.2) is 46.0 Å². The number of carbonyl (C=O) groups is 2. The number of amides is 2. The van der Waals surface area contributed by atoms with Gasteiger partial charge in [-0.1, -0.05) is 29.5 Å². The molecule has 6 nitrogen and oxygen atoms in total. The third kappa shape index (κ3) is 6.79. The summed E-state index contributed by atoms with van der Waals surface area (Å²) in [6.45, 7) is 9.36. The number of carbonyl (C=O) groups excluding carboxylic acids is 2. The summed E-state index contributed by atoms with van der Waals surface area (Å²) in [5, 5.41) is 16.8. The van der Waals surface area contributed by atoms with Crippen LogP contribution in [0.5, 0.6) is 0 Å².